The zero-order valence-corrected chi connectivity index (χ0v) is 16.0. The number of carbonyl (C=O) groups excluding carboxylic acids is 2. The zero-order chi connectivity index (χ0) is 19.0. The van der Waals surface area contributed by atoms with Crippen LogP contribution in [-0.4, -0.2) is 48.8 Å². The van der Waals surface area contributed by atoms with E-state index in [1.165, 1.54) is 17.4 Å². The fourth-order valence-corrected chi connectivity index (χ4v) is 4.77. The lowest BCUT2D eigenvalue weighted by atomic mass is 9.73. The van der Waals surface area contributed by atoms with Crippen molar-refractivity contribution in [2.75, 3.05) is 27.2 Å². The summed E-state index contributed by atoms with van der Waals surface area (Å²) in [4.78, 5) is 28.5. The van der Waals surface area contributed by atoms with Crippen LogP contribution in [0, 0.1) is 0 Å². The van der Waals surface area contributed by atoms with Crippen molar-refractivity contribution < 1.29 is 14.0 Å². The minimum Gasteiger partial charge on any atom is -0.459 e. The molecule has 1 fully saturated rings. The van der Waals surface area contributed by atoms with E-state index in [-0.39, 0.29) is 23.1 Å². The second-order valence-electron chi connectivity index (χ2n) is 8.03. The number of benzene rings is 1. The van der Waals surface area contributed by atoms with Gasteiger partial charge in [0.25, 0.3) is 5.91 Å². The largest absolute Gasteiger partial charge is 0.459 e. The van der Waals surface area contributed by atoms with Gasteiger partial charge in [0, 0.05) is 33.6 Å². The maximum Gasteiger partial charge on any atom is 0.289 e. The normalized spacial score (nSPS) is 20.5. The Balaban J connectivity index is 1.52. The third-order valence-corrected chi connectivity index (χ3v) is 6.27. The summed E-state index contributed by atoms with van der Waals surface area (Å²) >= 11 is 0. The molecular weight excluding hydrogens is 340 g/mol. The van der Waals surface area contributed by atoms with E-state index < -0.39 is 0 Å². The van der Waals surface area contributed by atoms with Crippen molar-refractivity contribution in [3.63, 3.8) is 0 Å². The summed E-state index contributed by atoms with van der Waals surface area (Å²) < 4.78 is 5.27. The van der Waals surface area contributed by atoms with Crippen LogP contribution >= 0.6 is 0 Å². The third-order valence-electron chi connectivity index (χ3n) is 6.27. The van der Waals surface area contributed by atoms with Crippen molar-refractivity contribution in [2.45, 2.75) is 37.0 Å². The molecule has 1 aromatic heterocycles. The van der Waals surface area contributed by atoms with E-state index in [0.29, 0.717) is 12.2 Å². The van der Waals surface area contributed by atoms with Crippen LogP contribution in [0.25, 0.3) is 0 Å². The number of furan rings is 1. The smallest absolute Gasteiger partial charge is 0.289 e. The summed E-state index contributed by atoms with van der Waals surface area (Å²) in [5, 5.41) is 0. The first-order valence-corrected chi connectivity index (χ1v) is 9.62. The summed E-state index contributed by atoms with van der Waals surface area (Å²) in [6.45, 7) is 1.45. The van der Waals surface area contributed by atoms with Gasteiger partial charge in [-0.3, -0.25) is 9.59 Å². The van der Waals surface area contributed by atoms with Crippen LogP contribution in [0.4, 0.5) is 0 Å². The summed E-state index contributed by atoms with van der Waals surface area (Å²) in [5.41, 5.74) is 2.78. The lowest BCUT2D eigenvalue weighted by Gasteiger charge is -2.40. The van der Waals surface area contributed by atoms with Crippen molar-refractivity contribution in [3.05, 3.63) is 59.5 Å². The molecular formula is C22H26N2O3. The van der Waals surface area contributed by atoms with Crippen molar-refractivity contribution in [2.24, 2.45) is 0 Å². The van der Waals surface area contributed by atoms with Gasteiger partial charge in [-0.25, -0.2) is 0 Å². The van der Waals surface area contributed by atoms with E-state index in [9.17, 15) is 9.59 Å². The van der Waals surface area contributed by atoms with Gasteiger partial charge in [-0.1, -0.05) is 24.3 Å². The van der Waals surface area contributed by atoms with Gasteiger partial charge in [-0.05, 0) is 53.9 Å². The van der Waals surface area contributed by atoms with Crippen LogP contribution in [0.1, 0.15) is 53.3 Å². The number of nitrogens with zero attached hydrogens (tertiary/aromatic N) is 2. The minimum absolute atomic E-state index is 0.0273. The highest BCUT2D eigenvalue weighted by Crippen LogP contribution is 2.52. The highest BCUT2D eigenvalue weighted by atomic mass is 16.3. The number of piperidine rings is 1. The molecule has 0 unspecified atom stereocenters. The molecule has 1 saturated heterocycles. The Bertz CT molecular complexity index is 833. The first kappa shape index (κ1) is 17.8. The Kier molecular flexibility index (Phi) is 4.54. The molecule has 0 radical (unpaired) electrons. The lowest BCUT2D eigenvalue weighted by Crippen LogP contribution is -2.44. The lowest BCUT2D eigenvalue weighted by molar-refractivity contribution is -0.129. The number of carbonyl (C=O) groups is 2. The average molecular weight is 366 g/mol. The van der Waals surface area contributed by atoms with Gasteiger partial charge in [0.05, 0.1) is 6.26 Å². The van der Waals surface area contributed by atoms with E-state index in [1.807, 2.05) is 19.0 Å². The molecule has 5 nitrogen and oxygen atoms in total. The highest BCUT2D eigenvalue weighted by molar-refractivity contribution is 5.91. The molecule has 5 heteroatoms. The number of likely N-dealkylation sites (tertiary alicyclic amines) is 1. The average Bonchev–Trinajstić information content (AvgIpc) is 3.30. The Morgan fingerprint density at radius 2 is 1.89 bits per heavy atom. The Labute approximate surface area is 159 Å². The molecule has 2 amide bonds. The fraction of sp³-hybridized carbons (Fsp3) is 0.455. The van der Waals surface area contributed by atoms with Gasteiger partial charge in [0.1, 0.15) is 0 Å². The van der Waals surface area contributed by atoms with Crippen molar-refractivity contribution >= 4 is 11.8 Å². The molecule has 2 aliphatic rings. The molecule has 4 rings (SSSR count). The predicted octanol–water partition coefficient (Wildman–Crippen LogP) is 3.42. The molecule has 27 heavy (non-hydrogen) atoms. The molecule has 1 atom stereocenters. The molecule has 2 heterocycles. The van der Waals surface area contributed by atoms with Gasteiger partial charge in [0.15, 0.2) is 5.76 Å². The number of hydrogen-bond acceptors (Lipinski definition) is 3. The van der Waals surface area contributed by atoms with Crippen LogP contribution < -0.4 is 0 Å². The van der Waals surface area contributed by atoms with Gasteiger partial charge in [-0.15, -0.1) is 0 Å². The van der Waals surface area contributed by atoms with Gasteiger partial charge < -0.3 is 14.2 Å². The van der Waals surface area contributed by atoms with Gasteiger partial charge >= 0.3 is 0 Å². The SMILES string of the molecule is CN(C)C(=O)C[C@@H]1CC2(CCN(C(=O)c3ccco3)CC2)c2ccccc21. The van der Waals surface area contributed by atoms with Crippen LogP contribution in [0.5, 0.6) is 0 Å². The highest BCUT2D eigenvalue weighted by Gasteiger charge is 2.46. The quantitative estimate of drug-likeness (QED) is 0.836. The second-order valence-corrected chi connectivity index (χ2v) is 8.03. The van der Waals surface area contributed by atoms with E-state index in [1.54, 1.807) is 17.0 Å². The van der Waals surface area contributed by atoms with Gasteiger partial charge in [-0.2, -0.15) is 0 Å². The standard InChI is InChI=1S/C22H26N2O3/c1-23(2)20(25)14-16-15-22(18-7-4-3-6-17(16)18)9-11-24(12-10-22)21(26)19-8-5-13-27-19/h3-8,13,16H,9-12,14-15H2,1-2H3/t16-/m1/s1. The Morgan fingerprint density at radius 3 is 2.56 bits per heavy atom. The third kappa shape index (κ3) is 3.15. The summed E-state index contributed by atoms with van der Waals surface area (Å²) in [5.74, 6) is 0.827. The fourth-order valence-electron chi connectivity index (χ4n) is 4.77. The zero-order valence-electron chi connectivity index (χ0n) is 16.0. The van der Waals surface area contributed by atoms with Crippen LogP contribution in [0.15, 0.2) is 47.1 Å². The van der Waals surface area contributed by atoms with Crippen molar-refractivity contribution in [3.8, 4) is 0 Å². The molecule has 1 spiro atoms. The van der Waals surface area contributed by atoms with Crippen molar-refractivity contribution in [1.82, 2.24) is 9.80 Å². The predicted molar refractivity (Wildman–Crippen MR) is 103 cm³/mol. The number of hydrogen-bond donors (Lipinski definition) is 0. The van der Waals surface area contributed by atoms with Gasteiger partial charge in [0.2, 0.25) is 5.91 Å². The molecule has 1 aromatic carbocycles. The molecule has 142 valence electrons. The minimum atomic E-state index is -0.0273. The molecule has 1 aliphatic heterocycles. The molecule has 0 saturated carbocycles. The number of amides is 2. The second kappa shape index (κ2) is 6.87. The number of rotatable bonds is 3. The van der Waals surface area contributed by atoms with Crippen LogP contribution in [-0.2, 0) is 10.2 Å². The number of fused-ring (bicyclic) bond motifs is 2. The van der Waals surface area contributed by atoms with Crippen molar-refractivity contribution in [1.29, 1.82) is 0 Å². The molecule has 0 N–H and O–H groups in total. The maximum absolute atomic E-state index is 12.6. The molecule has 0 bridgehead atoms. The summed E-state index contributed by atoms with van der Waals surface area (Å²) in [7, 11) is 3.63. The van der Waals surface area contributed by atoms with Crippen LogP contribution in [0.3, 0.4) is 0 Å². The van der Waals surface area contributed by atoms with E-state index in [0.717, 1.165) is 32.4 Å². The topological polar surface area (TPSA) is 53.8 Å². The Morgan fingerprint density at radius 1 is 1.15 bits per heavy atom. The van der Waals surface area contributed by atoms with E-state index in [4.69, 9.17) is 4.42 Å². The maximum atomic E-state index is 12.6. The van der Waals surface area contributed by atoms with E-state index >= 15 is 0 Å². The van der Waals surface area contributed by atoms with E-state index in [2.05, 4.69) is 24.3 Å². The summed E-state index contributed by atoms with van der Waals surface area (Å²) in [6.07, 6.45) is 4.96. The first-order valence-electron chi connectivity index (χ1n) is 9.62. The molecule has 2 aromatic rings. The van der Waals surface area contributed by atoms with Crippen LogP contribution in [0.2, 0.25) is 0 Å². The first-order chi connectivity index (χ1) is 13.0. The Hall–Kier alpha value is -2.56. The monoisotopic (exact) mass is 366 g/mol. The summed E-state index contributed by atoms with van der Waals surface area (Å²) in [6, 6.07) is 12.0. The molecule has 1 aliphatic carbocycles.